The average molecular weight is 359 g/mol. The molecule has 6 heteroatoms. The van der Waals surface area contributed by atoms with Crippen molar-refractivity contribution in [2.75, 3.05) is 6.61 Å². The topological polar surface area (TPSA) is 72.5 Å². The van der Waals surface area contributed by atoms with Gasteiger partial charge in [0.2, 0.25) is 5.91 Å². The lowest BCUT2D eigenvalue weighted by molar-refractivity contribution is -0.119. The number of nitrogens with one attached hydrogen (secondary N) is 1. The first-order valence-corrected chi connectivity index (χ1v) is 8.85. The zero-order valence-electron chi connectivity index (χ0n) is 14.5. The second-order valence-electron chi connectivity index (χ2n) is 5.68. The third kappa shape index (κ3) is 5.26. The molecule has 0 saturated carbocycles. The number of rotatable bonds is 7. The Kier molecular flexibility index (Phi) is 6.47. The number of hydrogen-bond donors (Lipinski definition) is 1. The van der Waals surface area contributed by atoms with Gasteiger partial charge in [0, 0.05) is 23.9 Å². The minimum absolute atomic E-state index is 0.109. The average Bonchev–Trinajstić information content (AvgIpc) is 2.99. The predicted octanol–water partition coefficient (Wildman–Crippen LogP) is 3.29. The molecule has 1 aromatic heterocycles. The molecule has 25 heavy (non-hydrogen) atoms. The van der Waals surface area contributed by atoms with Gasteiger partial charge in [0.05, 0.1) is 0 Å². The van der Waals surface area contributed by atoms with Crippen molar-refractivity contribution >= 4 is 29.0 Å². The van der Waals surface area contributed by atoms with E-state index < -0.39 is 5.97 Å². The molecule has 2 rings (SSSR count). The van der Waals surface area contributed by atoms with E-state index >= 15 is 0 Å². The molecule has 0 fully saturated rings. The maximum atomic E-state index is 12.1. The fourth-order valence-corrected chi connectivity index (χ4v) is 3.30. The maximum absolute atomic E-state index is 12.1. The number of ketones is 1. The van der Waals surface area contributed by atoms with Crippen molar-refractivity contribution < 1.29 is 19.1 Å². The summed E-state index contributed by atoms with van der Waals surface area (Å²) in [6.07, 6.45) is 0.869. The van der Waals surface area contributed by atoms with Crippen molar-refractivity contribution in [1.82, 2.24) is 5.32 Å². The first-order chi connectivity index (χ1) is 11.9. The van der Waals surface area contributed by atoms with Gasteiger partial charge < -0.3 is 10.1 Å². The fourth-order valence-electron chi connectivity index (χ4n) is 2.29. The molecule has 1 aromatic carbocycles. The van der Waals surface area contributed by atoms with Gasteiger partial charge in [0.15, 0.2) is 12.4 Å². The predicted molar refractivity (Wildman–Crippen MR) is 97.0 cm³/mol. The molecule has 0 aliphatic heterocycles. The van der Waals surface area contributed by atoms with Crippen molar-refractivity contribution in [1.29, 1.82) is 0 Å². The minimum atomic E-state index is -0.469. The van der Waals surface area contributed by atoms with E-state index in [2.05, 4.69) is 5.32 Å². The molecule has 0 aliphatic carbocycles. The molecule has 0 radical (unpaired) electrons. The lowest BCUT2D eigenvalue weighted by Crippen LogP contribution is -2.19. The van der Waals surface area contributed by atoms with E-state index in [1.165, 1.54) is 18.3 Å². The van der Waals surface area contributed by atoms with E-state index in [1.54, 1.807) is 30.3 Å². The highest BCUT2D eigenvalue weighted by molar-refractivity contribution is 7.14. The summed E-state index contributed by atoms with van der Waals surface area (Å²) in [5.41, 5.74) is 2.43. The Morgan fingerprint density at radius 1 is 1.16 bits per heavy atom. The number of amides is 1. The van der Waals surface area contributed by atoms with Gasteiger partial charge in [-0.25, -0.2) is 4.79 Å². The number of benzene rings is 1. The summed E-state index contributed by atoms with van der Waals surface area (Å²) < 4.78 is 5.13. The summed E-state index contributed by atoms with van der Waals surface area (Å²) in [5.74, 6) is -0.839. The monoisotopic (exact) mass is 359 g/mol. The van der Waals surface area contributed by atoms with Crippen LogP contribution in [-0.2, 0) is 22.5 Å². The van der Waals surface area contributed by atoms with Crippen molar-refractivity contribution in [3.63, 3.8) is 0 Å². The number of Topliss-reactive ketones (excluding diaryl/α,β-unsaturated/α-hetero) is 1. The van der Waals surface area contributed by atoms with Gasteiger partial charge in [-0.2, -0.15) is 0 Å². The molecular weight excluding hydrogens is 338 g/mol. The first kappa shape index (κ1) is 18.9. The number of carbonyl (C=O) groups is 3. The Morgan fingerprint density at radius 2 is 1.84 bits per heavy atom. The van der Waals surface area contributed by atoms with E-state index in [0.717, 1.165) is 22.4 Å². The highest BCUT2D eigenvalue weighted by atomic mass is 32.1. The number of thiophene rings is 1. The summed E-state index contributed by atoms with van der Waals surface area (Å²) >= 11 is 1.40. The third-order valence-electron chi connectivity index (χ3n) is 3.69. The van der Waals surface area contributed by atoms with Crippen LogP contribution in [-0.4, -0.2) is 24.3 Å². The van der Waals surface area contributed by atoms with E-state index in [0.29, 0.717) is 17.0 Å². The van der Waals surface area contributed by atoms with Gasteiger partial charge >= 0.3 is 5.97 Å². The number of ether oxygens (including phenoxy) is 1. The van der Waals surface area contributed by atoms with Crippen LogP contribution in [0.3, 0.4) is 0 Å². The summed E-state index contributed by atoms with van der Waals surface area (Å²) in [5, 5.41) is 2.69. The number of hydrogen-bond acceptors (Lipinski definition) is 5. The molecule has 0 bridgehead atoms. The van der Waals surface area contributed by atoms with E-state index in [1.807, 2.05) is 13.8 Å². The van der Waals surface area contributed by atoms with Crippen LogP contribution in [0.15, 0.2) is 30.3 Å². The van der Waals surface area contributed by atoms with Crippen LogP contribution >= 0.6 is 11.3 Å². The maximum Gasteiger partial charge on any atom is 0.348 e. The molecule has 0 saturated heterocycles. The van der Waals surface area contributed by atoms with E-state index in [4.69, 9.17) is 4.74 Å². The van der Waals surface area contributed by atoms with Gasteiger partial charge in [-0.1, -0.05) is 31.2 Å². The highest BCUT2D eigenvalue weighted by Crippen LogP contribution is 2.23. The van der Waals surface area contributed by atoms with Gasteiger partial charge in [-0.3, -0.25) is 9.59 Å². The zero-order chi connectivity index (χ0) is 18.4. The molecular formula is C19H21NO4S. The molecule has 0 aliphatic rings. The van der Waals surface area contributed by atoms with Crippen LogP contribution in [0.1, 0.15) is 49.9 Å². The number of esters is 1. The van der Waals surface area contributed by atoms with Crippen LogP contribution in [0.4, 0.5) is 0 Å². The molecule has 5 nitrogen and oxygen atoms in total. The second kappa shape index (κ2) is 8.58. The summed E-state index contributed by atoms with van der Waals surface area (Å²) in [6, 6.07) is 8.66. The summed E-state index contributed by atoms with van der Waals surface area (Å²) in [4.78, 5) is 36.8. The highest BCUT2D eigenvalue weighted by Gasteiger charge is 2.15. The molecule has 0 unspecified atom stereocenters. The number of aryl methyl sites for hydroxylation is 2. The first-order valence-electron chi connectivity index (χ1n) is 8.03. The van der Waals surface area contributed by atoms with E-state index in [9.17, 15) is 14.4 Å². The van der Waals surface area contributed by atoms with Gasteiger partial charge in [0.1, 0.15) is 4.88 Å². The van der Waals surface area contributed by atoms with Gasteiger partial charge in [0.25, 0.3) is 0 Å². The molecule has 1 heterocycles. The number of carbonyl (C=O) groups excluding carboxylic acids is 3. The van der Waals surface area contributed by atoms with Crippen LogP contribution in [0.5, 0.6) is 0 Å². The third-order valence-corrected chi connectivity index (χ3v) is 5.06. The Morgan fingerprint density at radius 3 is 2.40 bits per heavy atom. The van der Waals surface area contributed by atoms with Crippen LogP contribution < -0.4 is 5.32 Å². The standard InChI is InChI=1S/C19H21NO4S/c1-4-17-12(2)9-18(25-17)19(23)24-11-16(22)15-7-5-14(6-8-15)10-20-13(3)21/h5-9H,4,10-11H2,1-3H3,(H,20,21). The smallest absolute Gasteiger partial charge is 0.348 e. The van der Waals surface area contributed by atoms with Crippen LogP contribution in [0, 0.1) is 6.92 Å². The van der Waals surface area contributed by atoms with Crippen molar-refractivity contribution in [2.24, 2.45) is 0 Å². The lowest BCUT2D eigenvalue weighted by atomic mass is 10.1. The van der Waals surface area contributed by atoms with Crippen molar-refractivity contribution in [3.05, 3.63) is 56.8 Å². The Balaban J connectivity index is 1.90. The normalized spacial score (nSPS) is 10.4. The summed E-state index contributed by atoms with van der Waals surface area (Å²) in [6.45, 7) is 5.57. The minimum Gasteiger partial charge on any atom is -0.453 e. The lowest BCUT2D eigenvalue weighted by Gasteiger charge is -2.05. The van der Waals surface area contributed by atoms with E-state index in [-0.39, 0.29) is 18.3 Å². The molecule has 1 amide bonds. The Bertz CT molecular complexity index is 777. The molecule has 0 atom stereocenters. The molecule has 2 aromatic rings. The SMILES string of the molecule is CCc1sc(C(=O)OCC(=O)c2ccc(CNC(C)=O)cc2)cc1C. The summed E-state index contributed by atoms with van der Waals surface area (Å²) in [7, 11) is 0. The molecule has 1 N–H and O–H groups in total. The Hall–Kier alpha value is -2.47. The second-order valence-corrected chi connectivity index (χ2v) is 6.81. The van der Waals surface area contributed by atoms with Gasteiger partial charge in [-0.15, -0.1) is 11.3 Å². The van der Waals surface area contributed by atoms with Crippen LogP contribution in [0.25, 0.3) is 0 Å². The molecule has 132 valence electrons. The van der Waals surface area contributed by atoms with Crippen molar-refractivity contribution in [3.8, 4) is 0 Å². The quantitative estimate of drug-likeness (QED) is 0.608. The fraction of sp³-hybridized carbons (Fsp3) is 0.316. The largest absolute Gasteiger partial charge is 0.453 e. The molecule has 0 spiro atoms. The van der Waals surface area contributed by atoms with Gasteiger partial charge in [-0.05, 0) is 30.5 Å². The Labute approximate surface area is 151 Å². The zero-order valence-corrected chi connectivity index (χ0v) is 15.4. The van der Waals surface area contributed by atoms with Crippen LogP contribution in [0.2, 0.25) is 0 Å². The van der Waals surface area contributed by atoms with Crippen molar-refractivity contribution in [2.45, 2.75) is 33.7 Å².